The van der Waals surface area contributed by atoms with Gasteiger partial charge in [-0.05, 0) is 18.2 Å². The van der Waals surface area contributed by atoms with Crippen LogP contribution >= 0.6 is 11.6 Å². The normalized spacial score (nSPS) is 17.1. The summed E-state index contributed by atoms with van der Waals surface area (Å²) in [6.45, 7) is 4.74. The molecule has 1 aliphatic heterocycles. The molecule has 0 amide bonds. The zero-order chi connectivity index (χ0) is 13.2. The van der Waals surface area contributed by atoms with Crippen LogP contribution in [0.25, 0.3) is 11.1 Å². The average Bonchev–Trinajstić information content (AvgIpc) is 2.73. The highest BCUT2D eigenvalue weighted by Gasteiger charge is 2.13. The highest BCUT2D eigenvalue weighted by Crippen LogP contribution is 2.18. The van der Waals surface area contributed by atoms with Crippen LogP contribution in [0.2, 0.25) is 5.02 Å². The SMILES string of the molecule is O=c1oc2ccc(Cl)cc2n1CCN1CCOCC1. The van der Waals surface area contributed by atoms with Crippen molar-refractivity contribution in [3.8, 4) is 0 Å². The van der Waals surface area contributed by atoms with Gasteiger partial charge in [0.2, 0.25) is 0 Å². The Labute approximate surface area is 115 Å². The van der Waals surface area contributed by atoms with Gasteiger partial charge in [-0.3, -0.25) is 9.47 Å². The van der Waals surface area contributed by atoms with Crippen LogP contribution in [-0.2, 0) is 11.3 Å². The molecule has 1 aromatic heterocycles. The van der Waals surface area contributed by atoms with Gasteiger partial charge >= 0.3 is 5.76 Å². The Balaban J connectivity index is 1.81. The number of oxazole rings is 1. The zero-order valence-electron chi connectivity index (χ0n) is 10.5. The number of fused-ring (bicyclic) bond motifs is 1. The lowest BCUT2D eigenvalue weighted by atomic mass is 10.3. The third-order valence-electron chi connectivity index (χ3n) is 3.37. The van der Waals surface area contributed by atoms with E-state index in [1.54, 1.807) is 22.8 Å². The topological polar surface area (TPSA) is 47.6 Å². The molecule has 0 N–H and O–H groups in total. The highest BCUT2D eigenvalue weighted by molar-refractivity contribution is 6.31. The number of hydrogen-bond acceptors (Lipinski definition) is 4. The van der Waals surface area contributed by atoms with Crippen molar-refractivity contribution in [3.63, 3.8) is 0 Å². The minimum Gasteiger partial charge on any atom is -0.408 e. The fourth-order valence-corrected chi connectivity index (χ4v) is 2.48. The molecule has 1 aromatic carbocycles. The Bertz CT molecular complexity index is 628. The summed E-state index contributed by atoms with van der Waals surface area (Å²) >= 11 is 5.96. The molecule has 6 heteroatoms. The molecule has 19 heavy (non-hydrogen) atoms. The molecule has 0 atom stereocenters. The largest absolute Gasteiger partial charge is 0.419 e. The third-order valence-corrected chi connectivity index (χ3v) is 3.61. The van der Waals surface area contributed by atoms with Crippen LogP contribution in [0.4, 0.5) is 0 Å². The summed E-state index contributed by atoms with van der Waals surface area (Å²) in [6, 6.07) is 5.21. The first kappa shape index (κ1) is 12.7. The molecule has 0 bridgehead atoms. The first-order chi connectivity index (χ1) is 9.24. The number of morpholine rings is 1. The average molecular weight is 283 g/mol. The highest BCUT2D eigenvalue weighted by atomic mass is 35.5. The molecule has 102 valence electrons. The molecule has 1 aliphatic rings. The second kappa shape index (κ2) is 5.36. The van der Waals surface area contributed by atoms with E-state index in [1.807, 2.05) is 0 Å². The molecule has 0 spiro atoms. The molecule has 0 radical (unpaired) electrons. The smallest absolute Gasteiger partial charge is 0.408 e. The number of halogens is 1. The van der Waals surface area contributed by atoms with Crippen LogP contribution in [-0.4, -0.2) is 42.3 Å². The van der Waals surface area contributed by atoms with Gasteiger partial charge in [0.05, 0.1) is 18.7 Å². The van der Waals surface area contributed by atoms with Crippen LogP contribution < -0.4 is 5.76 Å². The molecule has 3 rings (SSSR count). The Morgan fingerprint density at radius 3 is 2.79 bits per heavy atom. The molecule has 2 heterocycles. The summed E-state index contributed by atoms with van der Waals surface area (Å²) in [5.41, 5.74) is 1.34. The van der Waals surface area contributed by atoms with E-state index in [2.05, 4.69) is 4.90 Å². The van der Waals surface area contributed by atoms with Gasteiger partial charge in [0, 0.05) is 31.2 Å². The van der Waals surface area contributed by atoms with E-state index in [-0.39, 0.29) is 5.76 Å². The number of ether oxygens (including phenoxy) is 1. The number of nitrogens with zero attached hydrogens (tertiary/aromatic N) is 2. The Hall–Kier alpha value is -1.30. The van der Waals surface area contributed by atoms with Gasteiger partial charge in [-0.25, -0.2) is 4.79 Å². The molecule has 2 aromatic rings. The number of aromatic nitrogens is 1. The van der Waals surface area contributed by atoms with E-state index in [1.165, 1.54) is 0 Å². The van der Waals surface area contributed by atoms with Gasteiger partial charge in [0.1, 0.15) is 0 Å². The van der Waals surface area contributed by atoms with Crippen LogP contribution in [0.5, 0.6) is 0 Å². The molecule has 5 nitrogen and oxygen atoms in total. The Kier molecular flexibility index (Phi) is 3.59. The van der Waals surface area contributed by atoms with Crippen molar-refractivity contribution in [2.45, 2.75) is 6.54 Å². The molecule has 1 fully saturated rings. The van der Waals surface area contributed by atoms with Gasteiger partial charge in [-0.2, -0.15) is 0 Å². The van der Waals surface area contributed by atoms with Gasteiger partial charge in [-0.1, -0.05) is 11.6 Å². The Morgan fingerprint density at radius 1 is 1.21 bits per heavy atom. The van der Waals surface area contributed by atoms with Crippen molar-refractivity contribution in [2.75, 3.05) is 32.8 Å². The minimum atomic E-state index is -0.328. The molecule has 0 unspecified atom stereocenters. The molecule has 1 saturated heterocycles. The lowest BCUT2D eigenvalue weighted by molar-refractivity contribution is 0.0363. The first-order valence-corrected chi connectivity index (χ1v) is 6.71. The van der Waals surface area contributed by atoms with Crippen LogP contribution in [0.1, 0.15) is 0 Å². The Morgan fingerprint density at radius 2 is 2.00 bits per heavy atom. The lowest BCUT2D eigenvalue weighted by Crippen LogP contribution is -2.38. The van der Waals surface area contributed by atoms with E-state index in [0.29, 0.717) is 17.2 Å². The van der Waals surface area contributed by atoms with E-state index < -0.39 is 0 Å². The summed E-state index contributed by atoms with van der Waals surface area (Å²) in [5.74, 6) is -0.328. The summed E-state index contributed by atoms with van der Waals surface area (Å²) < 4.78 is 12.1. The number of benzene rings is 1. The quantitative estimate of drug-likeness (QED) is 0.858. The van der Waals surface area contributed by atoms with Gasteiger partial charge in [-0.15, -0.1) is 0 Å². The maximum absolute atomic E-state index is 11.8. The van der Waals surface area contributed by atoms with Gasteiger partial charge < -0.3 is 9.15 Å². The zero-order valence-corrected chi connectivity index (χ0v) is 11.2. The monoisotopic (exact) mass is 282 g/mol. The lowest BCUT2D eigenvalue weighted by Gasteiger charge is -2.26. The maximum Gasteiger partial charge on any atom is 0.419 e. The van der Waals surface area contributed by atoms with E-state index in [4.69, 9.17) is 20.8 Å². The second-order valence-electron chi connectivity index (χ2n) is 4.59. The molecular weight excluding hydrogens is 268 g/mol. The van der Waals surface area contributed by atoms with E-state index in [9.17, 15) is 4.79 Å². The van der Waals surface area contributed by atoms with Crippen molar-refractivity contribution in [3.05, 3.63) is 33.8 Å². The molecular formula is C13H15ClN2O3. The number of hydrogen-bond donors (Lipinski definition) is 0. The summed E-state index contributed by atoms with van der Waals surface area (Å²) in [5, 5.41) is 0.605. The fourth-order valence-electron chi connectivity index (χ4n) is 2.31. The number of rotatable bonds is 3. The summed E-state index contributed by atoms with van der Waals surface area (Å²) in [4.78, 5) is 14.1. The fraction of sp³-hybridized carbons (Fsp3) is 0.462. The van der Waals surface area contributed by atoms with Crippen LogP contribution in [0, 0.1) is 0 Å². The van der Waals surface area contributed by atoms with Crippen LogP contribution in [0.15, 0.2) is 27.4 Å². The van der Waals surface area contributed by atoms with Crippen molar-refractivity contribution < 1.29 is 9.15 Å². The second-order valence-corrected chi connectivity index (χ2v) is 5.02. The van der Waals surface area contributed by atoms with E-state index in [0.717, 1.165) is 38.4 Å². The minimum absolute atomic E-state index is 0.328. The van der Waals surface area contributed by atoms with Gasteiger partial charge in [0.15, 0.2) is 5.58 Å². The van der Waals surface area contributed by atoms with Crippen molar-refractivity contribution in [2.24, 2.45) is 0 Å². The predicted octanol–water partition coefficient (Wildman–Crippen LogP) is 1.58. The van der Waals surface area contributed by atoms with Crippen LogP contribution in [0.3, 0.4) is 0 Å². The van der Waals surface area contributed by atoms with E-state index >= 15 is 0 Å². The van der Waals surface area contributed by atoms with Crippen molar-refractivity contribution in [1.29, 1.82) is 0 Å². The molecule has 0 saturated carbocycles. The maximum atomic E-state index is 11.8. The summed E-state index contributed by atoms with van der Waals surface area (Å²) in [6.07, 6.45) is 0. The van der Waals surface area contributed by atoms with Gasteiger partial charge in [0.25, 0.3) is 0 Å². The summed E-state index contributed by atoms with van der Waals surface area (Å²) in [7, 11) is 0. The first-order valence-electron chi connectivity index (χ1n) is 6.33. The van der Waals surface area contributed by atoms with Crippen molar-refractivity contribution >= 4 is 22.7 Å². The van der Waals surface area contributed by atoms with Crippen molar-refractivity contribution in [1.82, 2.24) is 9.47 Å². The predicted molar refractivity (Wildman–Crippen MR) is 72.7 cm³/mol. The third kappa shape index (κ3) is 2.68. The standard InChI is InChI=1S/C13H15ClN2O3/c14-10-1-2-12-11(9-10)16(13(17)19-12)4-3-15-5-7-18-8-6-15/h1-2,9H,3-8H2. The molecule has 0 aliphatic carbocycles.